The summed E-state index contributed by atoms with van der Waals surface area (Å²) >= 11 is 0. The molecule has 0 amide bonds. The van der Waals surface area contributed by atoms with Gasteiger partial charge in [0, 0.05) is 25.7 Å². The Balaban J connectivity index is 2.90. The molecule has 162 valence electrons. The smallest absolute Gasteiger partial charge is 0.212 e. The molecule has 1 aromatic rings. The summed E-state index contributed by atoms with van der Waals surface area (Å²) < 4.78 is 56.7. The van der Waals surface area contributed by atoms with Crippen molar-refractivity contribution < 1.29 is 16.8 Å². The molecule has 0 fully saturated rings. The minimum absolute atomic E-state index is 0.0600. The molecule has 2 N–H and O–H groups in total. The lowest BCUT2D eigenvalue weighted by molar-refractivity contribution is 0.388. The zero-order valence-corrected chi connectivity index (χ0v) is 19.1. The molecule has 0 bridgehead atoms. The third-order valence-corrected chi connectivity index (χ3v) is 7.26. The Kier molecular flexibility index (Phi) is 10.6. The van der Waals surface area contributed by atoms with Crippen molar-refractivity contribution in [2.75, 3.05) is 13.1 Å². The van der Waals surface area contributed by atoms with Gasteiger partial charge >= 0.3 is 0 Å². The van der Waals surface area contributed by atoms with Gasteiger partial charge in [0.2, 0.25) is 10.0 Å². The summed E-state index contributed by atoms with van der Waals surface area (Å²) in [6, 6.07) is 6.82. The van der Waals surface area contributed by atoms with Crippen LogP contribution in [0.2, 0.25) is 0 Å². The predicted octanol–water partition coefficient (Wildman–Crippen LogP) is 2.75. The minimum atomic E-state index is -3.63. The van der Waals surface area contributed by atoms with E-state index in [0.717, 1.165) is 25.7 Å². The Morgan fingerprint density at radius 2 is 1.46 bits per heavy atom. The van der Waals surface area contributed by atoms with Crippen LogP contribution in [0, 0.1) is 0 Å². The van der Waals surface area contributed by atoms with Crippen LogP contribution in [0.3, 0.4) is 0 Å². The highest BCUT2D eigenvalue weighted by Crippen LogP contribution is 2.14. The molecule has 1 aromatic carbocycles. The molecular weight excluding hydrogens is 398 g/mol. The first-order chi connectivity index (χ1) is 13.1. The normalized spacial score (nSPS) is 12.8. The highest BCUT2D eigenvalue weighted by molar-refractivity contribution is 7.88. The molecule has 7 nitrogen and oxygen atoms in total. The lowest BCUT2D eigenvalue weighted by Gasteiger charge is -2.22. The van der Waals surface area contributed by atoms with Gasteiger partial charge in [0.15, 0.2) is 0 Å². The molecule has 0 aliphatic rings. The van der Waals surface area contributed by atoms with E-state index in [4.69, 9.17) is 0 Å². The fraction of sp³-hybridized carbons (Fsp3) is 0.684. The van der Waals surface area contributed by atoms with Gasteiger partial charge in [-0.2, -0.15) is 17.4 Å². The van der Waals surface area contributed by atoms with Gasteiger partial charge in [-0.25, -0.2) is 13.1 Å². The summed E-state index contributed by atoms with van der Waals surface area (Å²) in [5, 5.41) is 0. The maximum Gasteiger partial charge on any atom is 0.279 e. The average molecular weight is 434 g/mol. The van der Waals surface area contributed by atoms with E-state index in [9.17, 15) is 16.8 Å². The van der Waals surface area contributed by atoms with Gasteiger partial charge in [0.25, 0.3) is 10.2 Å². The molecule has 0 aromatic heterocycles. The van der Waals surface area contributed by atoms with Crippen LogP contribution in [0.1, 0.15) is 64.5 Å². The Hall–Kier alpha value is -1.00. The fourth-order valence-electron chi connectivity index (χ4n) is 2.76. The monoisotopic (exact) mass is 433 g/mol. The Labute approximate surface area is 171 Å². The number of sulfonamides is 1. The van der Waals surface area contributed by atoms with Crippen molar-refractivity contribution in [3.8, 4) is 0 Å². The molecule has 0 saturated carbocycles. The zero-order chi connectivity index (χ0) is 21.2. The SMILES string of the molecule is CCCCN(CCCC)S(=O)(=O)NCc1ccccc1CS(=O)(=O)NC(C)C. The first-order valence-electron chi connectivity index (χ1n) is 9.92. The molecule has 0 spiro atoms. The first-order valence-corrected chi connectivity index (χ1v) is 13.0. The molecule has 0 heterocycles. The molecule has 0 unspecified atom stereocenters. The van der Waals surface area contributed by atoms with Gasteiger partial charge < -0.3 is 0 Å². The topological polar surface area (TPSA) is 95.6 Å². The molecule has 0 radical (unpaired) electrons. The van der Waals surface area contributed by atoms with Gasteiger partial charge in [-0.05, 0) is 37.8 Å². The number of hydrogen-bond donors (Lipinski definition) is 2. The second kappa shape index (κ2) is 11.9. The number of unbranched alkanes of at least 4 members (excludes halogenated alkanes) is 2. The van der Waals surface area contributed by atoms with Gasteiger partial charge in [-0.15, -0.1) is 0 Å². The maximum atomic E-state index is 12.7. The number of benzene rings is 1. The Morgan fingerprint density at radius 1 is 0.929 bits per heavy atom. The molecule has 28 heavy (non-hydrogen) atoms. The molecule has 0 aliphatic heterocycles. The van der Waals surface area contributed by atoms with E-state index in [0.29, 0.717) is 24.2 Å². The van der Waals surface area contributed by atoms with E-state index < -0.39 is 20.2 Å². The molecule has 1 rings (SSSR count). The molecular formula is C19H35N3O4S2. The Morgan fingerprint density at radius 3 is 1.96 bits per heavy atom. The van der Waals surface area contributed by atoms with Gasteiger partial charge in [0.1, 0.15) is 0 Å². The van der Waals surface area contributed by atoms with Crippen LogP contribution in [0.15, 0.2) is 24.3 Å². The van der Waals surface area contributed by atoms with Crippen molar-refractivity contribution in [1.29, 1.82) is 0 Å². The standard InChI is InChI=1S/C19H35N3O4S2/c1-5-7-13-22(14-8-6-2)28(25,26)20-15-18-11-9-10-12-19(18)16-27(23,24)21-17(3)4/h9-12,17,20-21H,5-8,13-16H2,1-4H3. The second-order valence-corrected chi connectivity index (χ2v) is 10.7. The summed E-state index contributed by atoms with van der Waals surface area (Å²) in [5.41, 5.74) is 1.25. The highest BCUT2D eigenvalue weighted by atomic mass is 32.2. The van der Waals surface area contributed by atoms with Crippen molar-refractivity contribution in [2.45, 2.75) is 71.7 Å². The number of rotatable bonds is 14. The summed E-state index contributed by atoms with van der Waals surface area (Å²) in [7, 11) is -7.11. The van der Waals surface area contributed by atoms with Crippen LogP contribution >= 0.6 is 0 Å². The lowest BCUT2D eigenvalue weighted by Crippen LogP contribution is -2.41. The van der Waals surface area contributed by atoms with Crippen molar-refractivity contribution in [3.63, 3.8) is 0 Å². The van der Waals surface area contributed by atoms with Crippen LogP contribution in [0.25, 0.3) is 0 Å². The highest BCUT2D eigenvalue weighted by Gasteiger charge is 2.21. The lowest BCUT2D eigenvalue weighted by atomic mass is 10.1. The molecule has 9 heteroatoms. The van der Waals surface area contributed by atoms with E-state index in [1.165, 1.54) is 4.31 Å². The van der Waals surface area contributed by atoms with Gasteiger partial charge in [-0.1, -0.05) is 51.0 Å². The predicted molar refractivity (Wildman–Crippen MR) is 114 cm³/mol. The number of nitrogens with one attached hydrogen (secondary N) is 2. The summed E-state index contributed by atoms with van der Waals surface area (Å²) in [4.78, 5) is 0. The van der Waals surface area contributed by atoms with E-state index in [2.05, 4.69) is 9.44 Å². The van der Waals surface area contributed by atoms with Crippen molar-refractivity contribution in [3.05, 3.63) is 35.4 Å². The van der Waals surface area contributed by atoms with Crippen LogP contribution in [0.4, 0.5) is 0 Å². The van der Waals surface area contributed by atoms with Crippen molar-refractivity contribution in [1.82, 2.24) is 13.7 Å². The third kappa shape index (κ3) is 9.00. The summed E-state index contributed by atoms with van der Waals surface area (Å²) in [5.74, 6) is -0.182. The van der Waals surface area contributed by atoms with E-state index in [1.807, 2.05) is 13.8 Å². The van der Waals surface area contributed by atoms with E-state index in [-0.39, 0.29) is 18.3 Å². The van der Waals surface area contributed by atoms with Crippen LogP contribution < -0.4 is 9.44 Å². The first kappa shape index (κ1) is 25.0. The molecule has 0 atom stereocenters. The van der Waals surface area contributed by atoms with E-state index >= 15 is 0 Å². The quantitative estimate of drug-likeness (QED) is 0.471. The van der Waals surface area contributed by atoms with Crippen LogP contribution in [-0.2, 0) is 32.5 Å². The third-order valence-electron chi connectivity index (χ3n) is 4.19. The minimum Gasteiger partial charge on any atom is -0.212 e. The van der Waals surface area contributed by atoms with Crippen molar-refractivity contribution >= 4 is 20.2 Å². The zero-order valence-electron chi connectivity index (χ0n) is 17.4. The second-order valence-electron chi connectivity index (χ2n) is 7.23. The van der Waals surface area contributed by atoms with Crippen LogP contribution in [0.5, 0.6) is 0 Å². The van der Waals surface area contributed by atoms with Crippen molar-refractivity contribution in [2.24, 2.45) is 0 Å². The number of hydrogen-bond acceptors (Lipinski definition) is 4. The van der Waals surface area contributed by atoms with Gasteiger partial charge in [0.05, 0.1) is 5.75 Å². The van der Waals surface area contributed by atoms with Gasteiger partial charge in [-0.3, -0.25) is 0 Å². The summed E-state index contributed by atoms with van der Waals surface area (Å²) in [6.45, 7) is 8.61. The Bertz CT molecular complexity index is 785. The fourth-order valence-corrected chi connectivity index (χ4v) is 5.51. The molecule has 0 saturated heterocycles. The summed E-state index contributed by atoms with van der Waals surface area (Å²) in [6.07, 6.45) is 3.45. The van der Waals surface area contributed by atoms with Crippen LogP contribution in [-0.4, -0.2) is 40.3 Å². The van der Waals surface area contributed by atoms with E-state index in [1.54, 1.807) is 38.1 Å². The largest absolute Gasteiger partial charge is 0.279 e. The number of nitrogens with zero attached hydrogens (tertiary/aromatic N) is 1. The average Bonchev–Trinajstić information content (AvgIpc) is 2.59. The maximum absolute atomic E-state index is 12.7. The molecule has 0 aliphatic carbocycles.